The van der Waals surface area contributed by atoms with Gasteiger partial charge in [-0.3, -0.25) is 0 Å². The molecule has 0 bridgehead atoms. The van der Waals surface area contributed by atoms with E-state index in [0.29, 0.717) is 6.04 Å². The molecule has 1 aromatic rings. The molecule has 1 heterocycles. The maximum atomic E-state index is 5.23. The van der Waals surface area contributed by atoms with E-state index in [2.05, 4.69) is 10.6 Å². The molecule has 1 saturated heterocycles. The average Bonchev–Trinajstić information content (AvgIpc) is 2.12. The zero-order valence-electron chi connectivity index (χ0n) is 7.71. The van der Waals surface area contributed by atoms with Crippen LogP contribution >= 0.6 is 0 Å². The third-order valence-corrected chi connectivity index (χ3v) is 2.25. The lowest BCUT2D eigenvalue weighted by molar-refractivity contribution is 0.413. The summed E-state index contributed by atoms with van der Waals surface area (Å²) in [5.74, 6) is 0.911. The number of hydrogen-bond donors (Lipinski definition) is 2. The molecule has 3 nitrogen and oxygen atoms in total. The van der Waals surface area contributed by atoms with Crippen LogP contribution in [-0.4, -0.2) is 26.2 Å². The molecular formula is C10H14N2O. The highest BCUT2D eigenvalue weighted by Gasteiger charge is 2.16. The highest BCUT2D eigenvalue weighted by Crippen LogP contribution is 2.24. The Morgan fingerprint density at radius 3 is 2.77 bits per heavy atom. The van der Waals surface area contributed by atoms with Crippen LogP contribution in [0, 0.1) is 0 Å². The van der Waals surface area contributed by atoms with E-state index < -0.39 is 0 Å². The van der Waals surface area contributed by atoms with Crippen LogP contribution in [0.15, 0.2) is 24.3 Å². The summed E-state index contributed by atoms with van der Waals surface area (Å²) < 4.78 is 5.23. The average molecular weight is 178 g/mol. The van der Waals surface area contributed by atoms with Gasteiger partial charge >= 0.3 is 0 Å². The minimum Gasteiger partial charge on any atom is -0.495 e. The van der Waals surface area contributed by atoms with E-state index in [1.807, 2.05) is 24.3 Å². The van der Waals surface area contributed by atoms with E-state index in [1.54, 1.807) is 7.11 Å². The molecule has 1 fully saturated rings. The van der Waals surface area contributed by atoms with E-state index >= 15 is 0 Å². The van der Waals surface area contributed by atoms with Gasteiger partial charge in [-0.15, -0.1) is 0 Å². The number of nitrogens with one attached hydrogen (secondary N) is 2. The molecule has 0 amide bonds. The van der Waals surface area contributed by atoms with E-state index in [4.69, 9.17) is 4.74 Å². The first-order valence-electron chi connectivity index (χ1n) is 4.50. The van der Waals surface area contributed by atoms with Crippen molar-refractivity contribution in [3.63, 3.8) is 0 Å². The Hall–Kier alpha value is -1.22. The van der Waals surface area contributed by atoms with Crippen LogP contribution in [0.2, 0.25) is 0 Å². The molecule has 0 spiro atoms. The highest BCUT2D eigenvalue weighted by molar-refractivity contribution is 5.57. The fourth-order valence-corrected chi connectivity index (χ4v) is 1.37. The van der Waals surface area contributed by atoms with Crippen LogP contribution in [0.3, 0.4) is 0 Å². The number of hydrogen-bond acceptors (Lipinski definition) is 3. The molecule has 0 unspecified atom stereocenters. The quantitative estimate of drug-likeness (QED) is 0.726. The zero-order valence-corrected chi connectivity index (χ0v) is 7.71. The number of para-hydroxylation sites is 2. The Kier molecular flexibility index (Phi) is 2.36. The van der Waals surface area contributed by atoms with Gasteiger partial charge in [0.15, 0.2) is 0 Å². The van der Waals surface area contributed by atoms with Crippen molar-refractivity contribution in [2.45, 2.75) is 6.04 Å². The van der Waals surface area contributed by atoms with Crippen molar-refractivity contribution >= 4 is 5.69 Å². The van der Waals surface area contributed by atoms with Crippen LogP contribution in [-0.2, 0) is 0 Å². The molecule has 1 aliphatic heterocycles. The Labute approximate surface area is 78.1 Å². The van der Waals surface area contributed by atoms with Crippen molar-refractivity contribution in [3.8, 4) is 5.75 Å². The Balaban J connectivity index is 2.08. The standard InChI is InChI=1S/C10H14N2O/c1-13-10-5-3-2-4-9(10)12-8-6-11-7-8/h2-5,8,11-12H,6-7H2,1H3. The third kappa shape index (κ3) is 1.75. The number of anilines is 1. The van der Waals surface area contributed by atoms with Crippen molar-refractivity contribution in [2.24, 2.45) is 0 Å². The summed E-state index contributed by atoms with van der Waals surface area (Å²) in [4.78, 5) is 0. The van der Waals surface area contributed by atoms with Gasteiger partial charge in [-0.1, -0.05) is 12.1 Å². The fraction of sp³-hybridized carbons (Fsp3) is 0.400. The smallest absolute Gasteiger partial charge is 0.141 e. The summed E-state index contributed by atoms with van der Waals surface area (Å²) in [5.41, 5.74) is 1.08. The van der Waals surface area contributed by atoms with Crippen molar-refractivity contribution in [3.05, 3.63) is 24.3 Å². The second kappa shape index (κ2) is 3.66. The van der Waals surface area contributed by atoms with Gasteiger partial charge in [0.2, 0.25) is 0 Å². The van der Waals surface area contributed by atoms with Gasteiger partial charge in [-0.25, -0.2) is 0 Å². The summed E-state index contributed by atoms with van der Waals surface area (Å²) in [6.07, 6.45) is 0. The molecule has 13 heavy (non-hydrogen) atoms. The molecule has 2 N–H and O–H groups in total. The normalized spacial score (nSPS) is 16.4. The van der Waals surface area contributed by atoms with E-state index in [0.717, 1.165) is 24.5 Å². The maximum absolute atomic E-state index is 5.23. The summed E-state index contributed by atoms with van der Waals surface area (Å²) in [6, 6.07) is 8.54. The molecule has 0 saturated carbocycles. The van der Waals surface area contributed by atoms with Crippen molar-refractivity contribution < 1.29 is 4.74 Å². The molecule has 3 heteroatoms. The molecule has 0 radical (unpaired) electrons. The number of rotatable bonds is 3. The van der Waals surface area contributed by atoms with Gasteiger partial charge < -0.3 is 15.4 Å². The van der Waals surface area contributed by atoms with Gasteiger partial charge in [-0.2, -0.15) is 0 Å². The molecular weight excluding hydrogens is 164 g/mol. The van der Waals surface area contributed by atoms with Gasteiger partial charge in [0.25, 0.3) is 0 Å². The van der Waals surface area contributed by atoms with Crippen molar-refractivity contribution in [1.82, 2.24) is 5.32 Å². The van der Waals surface area contributed by atoms with Gasteiger partial charge in [0, 0.05) is 13.1 Å². The minimum absolute atomic E-state index is 0.552. The topological polar surface area (TPSA) is 33.3 Å². The number of methoxy groups -OCH3 is 1. The van der Waals surface area contributed by atoms with Crippen LogP contribution < -0.4 is 15.4 Å². The van der Waals surface area contributed by atoms with E-state index in [1.165, 1.54) is 0 Å². The number of ether oxygens (including phenoxy) is 1. The molecule has 2 rings (SSSR count). The number of benzene rings is 1. The van der Waals surface area contributed by atoms with Crippen molar-refractivity contribution in [2.75, 3.05) is 25.5 Å². The second-order valence-corrected chi connectivity index (χ2v) is 3.20. The summed E-state index contributed by atoms with van der Waals surface area (Å²) in [5, 5.41) is 6.63. The predicted octanol–water partition coefficient (Wildman–Crippen LogP) is 1.08. The Morgan fingerprint density at radius 2 is 2.15 bits per heavy atom. The minimum atomic E-state index is 0.552. The fourth-order valence-electron chi connectivity index (χ4n) is 1.37. The Morgan fingerprint density at radius 1 is 1.38 bits per heavy atom. The lowest BCUT2D eigenvalue weighted by atomic mass is 10.1. The molecule has 0 aliphatic carbocycles. The molecule has 1 aromatic carbocycles. The van der Waals surface area contributed by atoms with E-state index in [9.17, 15) is 0 Å². The lowest BCUT2D eigenvalue weighted by Crippen LogP contribution is -2.51. The maximum Gasteiger partial charge on any atom is 0.141 e. The second-order valence-electron chi connectivity index (χ2n) is 3.20. The van der Waals surface area contributed by atoms with Crippen LogP contribution in [0.4, 0.5) is 5.69 Å². The molecule has 0 atom stereocenters. The first-order valence-corrected chi connectivity index (χ1v) is 4.50. The first-order chi connectivity index (χ1) is 6.40. The Bertz CT molecular complexity index is 284. The lowest BCUT2D eigenvalue weighted by Gasteiger charge is -2.29. The largest absolute Gasteiger partial charge is 0.495 e. The van der Waals surface area contributed by atoms with Gasteiger partial charge in [-0.05, 0) is 12.1 Å². The predicted molar refractivity (Wildman–Crippen MR) is 53.3 cm³/mol. The SMILES string of the molecule is COc1ccccc1NC1CNC1. The van der Waals surface area contributed by atoms with Crippen LogP contribution in [0.5, 0.6) is 5.75 Å². The van der Waals surface area contributed by atoms with Crippen LogP contribution in [0.25, 0.3) is 0 Å². The van der Waals surface area contributed by atoms with Crippen LogP contribution in [0.1, 0.15) is 0 Å². The summed E-state index contributed by atoms with van der Waals surface area (Å²) in [6.45, 7) is 2.08. The van der Waals surface area contributed by atoms with Gasteiger partial charge in [0.05, 0.1) is 18.8 Å². The molecule has 70 valence electrons. The summed E-state index contributed by atoms with van der Waals surface area (Å²) >= 11 is 0. The zero-order chi connectivity index (χ0) is 9.10. The monoisotopic (exact) mass is 178 g/mol. The van der Waals surface area contributed by atoms with E-state index in [-0.39, 0.29) is 0 Å². The highest BCUT2D eigenvalue weighted by atomic mass is 16.5. The van der Waals surface area contributed by atoms with Gasteiger partial charge in [0.1, 0.15) is 5.75 Å². The van der Waals surface area contributed by atoms with Crippen molar-refractivity contribution in [1.29, 1.82) is 0 Å². The molecule has 0 aromatic heterocycles. The first kappa shape index (κ1) is 8.38. The molecule has 1 aliphatic rings. The third-order valence-electron chi connectivity index (χ3n) is 2.25. The summed E-state index contributed by atoms with van der Waals surface area (Å²) in [7, 11) is 1.69.